The van der Waals surface area contributed by atoms with Gasteiger partial charge >= 0.3 is 5.97 Å². The van der Waals surface area contributed by atoms with Gasteiger partial charge < -0.3 is 4.74 Å². The molecule has 0 radical (unpaired) electrons. The molecule has 2 aromatic rings. The average Bonchev–Trinajstić information content (AvgIpc) is 2.57. The molecule has 0 aliphatic heterocycles. The van der Waals surface area contributed by atoms with Crippen LogP contribution in [0, 0.1) is 6.92 Å². The fraction of sp³-hybridized carbons (Fsp3) is 0.250. The Bertz CT molecular complexity index is 878. The number of aromatic amines is 1. The summed E-state index contributed by atoms with van der Waals surface area (Å²) in [5.74, 6) is -0.306. The first-order valence-corrected chi connectivity index (χ1v) is 6.93. The molecule has 3 rings (SSSR count). The smallest absolute Gasteiger partial charge is 0.333 e. The van der Waals surface area contributed by atoms with Crippen molar-refractivity contribution in [3.05, 3.63) is 51.7 Å². The number of hydrogen-bond donors (Lipinski definition) is 1. The number of nitrogens with zero attached hydrogens (tertiary/aromatic N) is 2. The monoisotopic (exact) mass is 297 g/mol. The van der Waals surface area contributed by atoms with Gasteiger partial charge in [-0.05, 0) is 31.4 Å². The van der Waals surface area contributed by atoms with Crippen molar-refractivity contribution in [1.29, 1.82) is 0 Å². The molecule has 0 spiro atoms. The molecule has 0 atom stereocenters. The molecule has 112 valence electrons. The molecule has 0 saturated carbocycles. The second-order valence-electron chi connectivity index (χ2n) is 5.13. The molecule has 22 heavy (non-hydrogen) atoms. The van der Waals surface area contributed by atoms with E-state index >= 15 is 0 Å². The Balaban J connectivity index is 2.03. The van der Waals surface area contributed by atoms with Crippen LogP contribution < -0.4 is 5.56 Å². The highest BCUT2D eigenvalue weighted by molar-refractivity contribution is 5.91. The topological polar surface area (TPSA) is 84.9 Å². The van der Waals surface area contributed by atoms with Gasteiger partial charge in [0.2, 0.25) is 0 Å². The van der Waals surface area contributed by atoms with Gasteiger partial charge in [-0.25, -0.2) is 9.89 Å². The zero-order chi connectivity index (χ0) is 15.7. The number of methoxy groups -OCH3 is 1. The van der Waals surface area contributed by atoms with Crippen molar-refractivity contribution in [2.75, 3.05) is 7.11 Å². The molecule has 0 unspecified atom stereocenters. The summed E-state index contributed by atoms with van der Waals surface area (Å²) in [6.45, 7) is 1.82. The Morgan fingerprint density at radius 3 is 2.77 bits per heavy atom. The molecule has 0 amide bonds. The summed E-state index contributed by atoms with van der Waals surface area (Å²) in [6.07, 6.45) is 6.55. The highest BCUT2D eigenvalue weighted by atomic mass is 16.5. The van der Waals surface area contributed by atoms with Crippen molar-refractivity contribution in [1.82, 2.24) is 15.2 Å². The predicted octanol–water partition coefficient (Wildman–Crippen LogP) is 1.90. The van der Waals surface area contributed by atoms with Crippen LogP contribution in [0.4, 0.5) is 0 Å². The Hall–Kier alpha value is -2.76. The minimum absolute atomic E-state index is 0.230. The van der Waals surface area contributed by atoms with E-state index < -0.39 is 0 Å². The summed E-state index contributed by atoms with van der Waals surface area (Å²) in [4.78, 5) is 27.8. The fourth-order valence-corrected chi connectivity index (χ4v) is 2.51. The van der Waals surface area contributed by atoms with Crippen molar-refractivity contribution in [3.63, 3.8) is 0 Å². The predicted molar refractivity (Wildman–Crippen MR) is 82.2 cm³/mol. The molecule has 1 N–H and O–H groups in total. The second kappa shape index (κ2) is 5.55. The minimum Gasteiger partial charge on any atom is -0.466 e. The molecule has 0 saturated heterocycles. The molecule has 2 aromatic heterocycles. The van der Waals surface area contributed by atoms with E-state index in [0.29, 0.717) is 23.8 Å². The van der Waals surface area contributed by atoms with Gasteiger partial charge in [0, 0.05) is 17.2 Å². The van der Waals surface area contributed by atoms with Crippen LogP contribution >= 0.6 is 0 Å². The van der Waals surface area contributed by atoms with Gasteiger partial charge in [0.1, 0.15) is 0 Å². The van der Waals surface area contributed by atoms with E-state index in [-0.39, 0.29) is 11.5 Å². The zero-order valence-corrected chi connectivity index (χ0v) is 12.3. The number of hydrogen-bond acceptors (Lipinski definition) is 5. The lowest BCUT2D eigenvalue weighted by molar-refractivity contribution is -0.136. The quantitative estimate of drug-likeness (QED) is 0.856. The number of pyridine rings is 1. The molecular weight excluding hydrogens is 282 g/mol. The van der Waals surface area contributed by atoms with Crippen molar-refractivity contribution >= 4 is 22.3 Å². The normalized spacial score (nSPS) is 14.5. The molecule has 0 bridgehead atoms. The third-order valence-corrected chi connectivity index (χ3v) is 3.79. The Labute approximate surface area is 126 Å². The minimum atomic E-state index is -0.306. The van der Waals surface area contributed by atoms with Crippen LogP contribution in [0.3, 0.4) is 0 Å². The van der Waals surface area contributed by atoms with Crippen LogP contribution in [-0.4, -0.2) is 28.3 Å². The third kappa shape index (κ3) is 2.43. The number of carbonyl (C=O) groups excluding carboxylic acids is 1. The molecule has 1 aliphatic carbocycles. The van der Waals surface area contributed by atoms with Crippen LogP contribution in [0.5, 0.6) is 0 Å². The number of carbonyl (C=O) groups is 1. The number of fused-ring (bicyclic) bond motifs is 1. The summed E-state index contributed by atoms with van der Waals surface area (Å²) >= 11 is 0. The van der Waals surface area contributed by atoms with E-state index in [1.54, 1.807) is 18.3 Å². The van der Waals surface area contributed by atoms with Crippen molar-refractivity contribution in [2.24, 2.45) is 0 Å². The van der Waals surface area contributed by atoms with Gasteiger partial charge in [-0.2, -0.15) is 5.10 Å². The number of aryl methyl sites for hydroxylation is 1. The zero-order valence-electron chi connectivity index (χ0n) is 12.3. The fourth-order valence-electron chi connectivity index (χ4n) is 2.51. The standard InChI is InChI=1S/C16H15N3O3/c1-9-13-8-17-14(7-12(13)15(20)19-18-9)10-3-5-11(6-4-10)16(21)22-2/h3,5,7-8H,4,6H2,1-2H3,(H,19,20). The van der Waals surface area contributed by atoms with E-state index in [1.807, 2.05) is 13.0 Å². The van der Waals surface area contributed by atoms with Crippen molar-refractivity contribution in [3.8, 4) is 0 Å². The summed E-state index contributed by atoms with van der Waals surface area (Å²) < 4.78 is 4.71. The Morgan fingerprint density at radius 1 is 1.27 bits per heavy atom. The highest BCUT2D eigenvalue weighted by Gasteiger charge is 2.16. The second-order valence-corrected chi connectivity index (χ2v) is 5.13. The van der Waals surface area contributed by atoms with Gasteiger partial charge in [-0.15, -0.1) is 0 Å². The first-order valence-electron chi connectivity index (χ1n) is 6.93. The van der Waals surface area contributed by atoms with Crippen LogP contribution in [0.25, 0.3) is 16.3 Å². The van der Waals surface area contributed by atoms with E-state index in [0.717, 1.165) is 22.3 Å². The molecule has 0 aromatic carbocycles. The Morgan fingerprint density at radius 2 is 2.09 bits per heavy atom. The van der Waals surface area contributed by atoms with Crippen LogP contribution in [-0.2, 0) is 9.53 Å². The molecule has 0 fully saturated rings. The maximum atomic E-state index is 11.9. The molecule has 1 aliphatic rings. The number of ether oxygens (including phenoxy) is 1. The molecule has 6 heteroatoms. The molecule has 6 nitrogen and oxygen atoms in total. The number of nitrogens with one attached hydrogen (secondary N) is 1. The van der Waals surface area contributed by atoms with Crippen LogP contribution in [0.15, 0.2) is 34.8 Å². The lowest BCUT2D eigenvalue weighted by Gasteiger charge is -2.13. The van der Waals surface area contributed by atoms with Gasteiger partial charge in [-0.3, -0.25) is 9.78 Å². The highest BCUT2D eigenvalue weighted by Crippen LogP contribution is 2.27. The Kier molecular flexibility index (Phi) is 3.58. The van der Waals surface area contributed by atoms with Gasteiger partial charge in [0.05, 0.1) is 23.9 Å². The largest absolute Gasteiger partial charge is 0.466 e. The third-order valence-electron chi connectivity index (χ3n) is 3.79. The maximum absolute atomic E-state index is 11.9. The molecule has 2 heterocycles. The number of allylic oxidation sites excluding steroid dienone is 3. The van der Waals surface area contributed by atoms with Gasteiger partial charge in [0.15, 0.2) is 0 Å². The first-order chi connectivity index (χ1) is 10.6. The summed E-state index contributed by atoms with van der Waals surface area (Å²) in [5.41, 5.74) is 2.88. The van der Waals surface area contributed by atoms with E-state index in [1.165, 1.54) is 7.11 Å². The number of rotatable bonds is 2. The SMILES string of the molecule is COC(=O)C1=CC=C(c2cc3c(=O)[nH]nc(C)c3cn2)CC1. The van der Waals surface area contributed by atoms with Crippen LogP contribution in [0.1, 0.15) is 24.2 Å². The number of H-pyrrole nitrogens is 1. The summed E-state index contributed by atoms with van der Waals surface area (Å²) in [5, 5.41) is 7.73. The lowest BCUT2D eigenvalue weighted by atomic mass is 9.95. The van der Waals surface area contributed by atoms with E-state index in [9.17, 15) is 9.59 Å². The lowest BCUT2D eigenvalue weighted by Crippen LogP contribution is -2.11. The maximum Gasteiger partial charge on any atom is 0.333 e. The number of aromatic nitrogens is 3. The van der Waals surface area contributed by atoms with Crippen molar-refractivity contribution < 1.29 is 9.53 Å². The van der Waals surface area contributed by atoms with Crippen LogP contribution in [0.2, 0.25) is 0 Å². The van der Waals surface area contributed by atoms with E-state index in [4.69, 9.17) is 4.74 Å². The van der Waals surface area contributed by atoms with Gasteiger partial charge in [-0.1, -0.05) is 12.2 Å². The summed E-state index contributed by atoms with van der Waals surface area (Å²) in [7, 11) is 1.37. The number of esters is 1. The van der Waals surface area contributed by atoms with Crippen molar-refractivity contribution in [2.45, 2.75) is 19.8 Å². The average molecular weight is 297 g/mol. The first kappa shape index (κ1) is 14.2. The molecular formula is C16H15N3O3. The summed E-state index contributed by atoms with van der Waals surface area (Å²) in [6, 6.07) is 1.77. The van der Waals surface area contributed by atoms with E-state index in [2.05, 4.69) is 15.2 Å². The van der Waals surface area contributed by atoms with Gasteiger partial charge in [0.25, 0.3) is 5.56 Å².